The van der Waals surface area contributed by atoms with Crippen LogP contribution in [0, 0.1) is 6.92 Å². The first-order chi connectivity index (χ1) is 14.8. The standard InChI is InChI=1S/C23H29N3O4S/c1-4-25(5-2)23(28)19-10-6-7-11-21(19)24-22(27)20-16-18(13-12-17(20)3)31(29,30)26-14-8-9-15-26/h6-7,10-13,16H,4-5,8-9,14-15H2,1-3H3,(H,24,27). The maximum atomic E-state index is 13.1. The van der Waals surface area contributed by atoms with Crippen LogP contribution in [0.2, 0.25) is 0 Å². The molecule has 1 fully saturated rings. The molecule has 1 heterocycles. The first kappa shape index (κ1) is 23.0. The van der Waals surface area contributed by atoms with Gasteiger partial charge in [0.2, 0.25) is 10.0 Å². The molecule has 0 aliphatic carbocycles. The third-order valence-corrected chi connectivity index (χ3v) is 7.51. The molecule has 0 aromatic heterocycles. The topological polar surface area (TPSA) is 86.8 Å². The first-order valence-corrected chi connectivity index (χ1v) is 12.0. The molecular formula is C23H29N3O4S. The fourth-order valence-electron chi connectivity index (χ4n) is 3.73. The van der Waals surface area contributed by atoms with Crippen molar-refractivity contribution in [2.75, 3.05) is 31.5 Å². The number of benzene rings is 2. The number of nitrogens with one attached hydrogen (secondary N) is 1. The van der Waals surface area contributed by atoms with E-state index < -0.39 is 15.9 Å². The van der Waals surface area contributed by atoms with Crippen molar-refractivity contribution in [2.45, 2.75) is 38.5 Å². The summed E-state index contributed by atoms with van der Waals surface area (Å²) in [7, 11) is -3.63. The van der Waals surface area contributed by atoms with Crippen LogP contribution in [0.1, 0.15) is 53.0 Å². The molecule has 7 nitrogen and oxygen atoms in total. The van der Waals surface area contributed by atoms with Gasteiger partial charge in [0.25, 0.3) is 11.8 Å². The summed E-state index contributed by atoms with van der Waals surface area (Å²) in [5.41, 5.74) is 1.73. The largest absolute Gasteiger partial charge is 0.339 e. The van der Waals surface area contributed by atoms with Gasteiger partial charge in [0.15, 0.2) is 0 Å². The molecule has 3 rings (SSSR count). The van der Waals surface area contributed by atoms with Gasteiger partial charge in [0.05, 0.1) is 16.1 Å². The summed E-state index contributed by atoms with van der Waals surface area (Å²) < 4.78 is 27.3. The van der Waals surface area contributed by atoms with E-state index >= 15 is 0 Å². The van der Waals surface area contributed by atoms with E-state index in [9.17, 15) is 18.0 Å². The van der Waals surface area contributed by atoms with Gasteiger partial charge in [-0.25, -0.2) is 8.42 Å². The lowest BCUT2D eigenvalue weighted by Crippen LogP contribution is -2.31. The van der Waals surface area contributed by atoms with Crippen molar-refractivity contribution >= 4 is 27.5 Å². The number of hydrogen-bond acceptors (Lipinski definition) is 4. The van der Waals surface area contributed by atoms with Gasteiger partial charge in [0, 0.05) is 31.7 Å². The Morgan fingerprint density at radius 1 is 1.00 bits per heavy atom. The van der Waals surface area contributed by atoms with E-state index in [1.165, 1.54) is 16.4 Å². The highest BCUT2D eigenvalue weighted by molar-refractivity contribution is 7.89. The molecule has 1 saturated heterocycles. The Morgan fingerprint density at radius 3 is 2.29 bits per heavy atom. The minimum atomic E-state index is -3.63. The summed E-state index contributed by atoms with van der Waals surface area (Å²) in [5, 5.41) is 2.80. The highest BCUT2D eigenvalue weighted by atomic mass is 32.2. The van der Waals surface area contributed by atoms with Crippen molar-refractivity contribution in [3.63, 3.8) is 0 Å². The summed E-state index contributed by atoms with van der Waals surface area (Å²) in [6, 6.07) is 11.5. The third-order valence-electron chi connectivity index (χ3n) is 5.61. The lowest BCUT2D eigenvalue weighted by Gasteiger charge is -2.21. The Labute approximate surface area is 184 Å². The van der Waals surface area contributed by atoms with E-state index in [0.717, 1.165) is 12.8 Å². The highest BCUT2D eigenvalue weighted by Gasteiger charge is 2.28. The average Bonchev–Trinajstić information content (AvgIpc) is 3.31. The lowest BCUT2D eigenvalue weighted by molar-refractivity contribution is 0.0774. The molecule has 1 aliphatic heterocycles. The fourth-order valence-corrected chi connectivity index (χ4v) is 5.28. The SMILES string of the molecule is CCN(CC)C(=O)c1ccccc1NC(=O)c1cc(S(=O)(=O)N2CCCC2)ccc1C. The van der Waals surface area contributed by atoms with Crippen molar-refractivity contribution in [1.29, 1.82) is 0 Å². The number of carbonyl (C=O) groups is 2. The van der Waals surface area contributed by atoms with Crippen LogP contribution in [0.15, 0.2) is 47.4 Å². The molecule has 166 valence electrons. The summed E-state index contributed by atoms with van der Waals surface area (Å²) in [6.45, 7) is 7.68. The zero-order chi connectivity index (χ0) is 22.6. The van der Waals surface area contributed by atoms with Gasteiger partial charge in [-0.15, -0.1) is 0 Å². The quantitative estimate of drug-likeness (QED) is 0.709. The molecule has 8 heteroatoms. The van der Waals surface area contributed by atoms with Crippen LogP contribution in [0.4, 0.5) is 5.69 Å². The number of carbonyl (C=O) groups excluding carboxylic acids is 2. The Kier molecular flexibility index (Phi) is 7.12. The van der Waals surface area contributed by atoms with Crippen molar-refractivity contribution in [1.82, 2.24) is 9.21 Å². The van der Waals surface area contributed by atoms with Gasteiger partial charge in [-0.1, -0.05) is 18.2 Å². The molecule has 31 heavy (non-hydrogen) atoms. The van der Waals surface area contributed by atoms with Gasteiger partial charge >= 0.3 is 0 Å². The summed E-state index contributed by atoms with van der Waals surface area (Å²) in [5.74, 6) is -0.612. The monoisotopic (exact) mass is 443 g/mol. The number of hydrogen-bond donors (Lipinski definition) is 1. The highest BCUT2D eigenvalue weighted by Crippen LogP contribution is 2.24. The van der Waals surface area contributed by atoms with E-state index in [0.29, 0.717) is 43.0 Å². The molecule has 0 atom stereocenters. The van der Waals surface area contributed by atoms with Crippen LogP contribution in [0.25, 0.3) is 0 Å². The number of rotatable bonds is 7. The molecule has 0 spiro atoms. The third kappa shape index (κ3) is 4.80. The molecule has 0 radical (unpaired) electrons. The molecule has 0 unspecified atom stereocenters. The molecule has 2 aromatic rings. The number of sulfonamides is 1. The minimum Gasteiger partial charge on any atom is -0.339 e. The van der Waals surface area contributed by atoms with Crippen LogP contribution in [0.5, 0.6) is 0 Å². The first-order valence-electron chi connectivity index (χ1n) is 10.6. The molecule has 1 aliphatic rings. The number of amides is 2. The van der Waals surface area contributed by atoms with Crippen molar-refractivity contribution in [3.05, 3.63) is 59.2 Å². The lowest BCUT2D eigenvalue weighted by atomic mass is 10.1. The zero-order valence-electron chi connectivity index (χ0n) is 18.2. The van der Waals surface area contributed by atoms with Crippen LogP contribution in [-0.2, 0) is 10.0 Å². The Balaban J connectivity index is 1.91. The zero-order valence-corrected chi connectivity index (χ0v) is 19.0. The number of nitrogens with zero attached hydrogens (tertiary/aromatic N) is 2. The summed E-state index contributed by atoms with van der Waals surface area (Å²) in [6.07, 6.45) is 1.69. The van der Waals surface area contributed by atoms with Crippen LogP contribution >= 0.6 is 0 Å². The normalized spacial score (nSPS) is 14.4. The van der Waals surface area contributed by atoms with Gasteiger partial charge < -0.3 is 10.2 Å². The number of aryl methyl sites for hydroxylation is 1. The van der Waals surface area contributed by atoms with Gasteiger partial charge in [0.1, 0.15) is 0 Å². The van der Waals surface area contributed by atoms with E-state index in [2.05, 4.69) is 5.32 Å². The Hall–Kier alpha value is -2.71. The predicted molar refractivity (Wildman–Crippen MR) is 121 cm³/mol. The van der Waals surface area contributed by atoms with Crippen LogP contribution < -0.4 is 5.32 Å². The molecule has 1 N–H and O–H groups in total. The molecule has 2 aromatic carbocycles. The van der Waals surface area contributed by atoms with E-state index in [-0.39, 0.29) is 16.4 Å². The molecule has 2 amide bonds. The van der Waals surface area contributed by atoms with Crippen LogP contribution in [-0.4, -0.2) is 55.6 Å². The van der Waals surface area contributed by atoms with Gasteiger partial charge in [-0.3, -0.25) is 9.59 Å². The number of anilines is 1. The number of para-hydroxylation sites is 1. The van der Waals surface area contributed by atoms with Crippen molar-refractivity contribution in [3.8, 4) is 0 Å². The second-order valence-corrected chi connectivity index (χ2v) is 9.50. The summed E-state index contributed by atoms with van der Waals surface area (Å²) in [4.78, 5) is 27.7. The minimum absolute atomic E-state index is 0.109. The predicted octanol–water partition coefficient (Wildman–Crippen LogP) is 3.51. The Morgan fingerprint density at radius 2 is 1.65 bits per heavy atom. The molecular weight excluding hydrogens is 414 g/mol. The van der Waals surface area contributed by atoms with Gasteiger partial charge in [-0.05, 0) is 63.4 Å². The maximum absolute atomic E-state index is 13.1. The average molecular weight is 444 g/mol. The van der Waals surface area contributed by atoms with Crippen molar-refractivity contribution < 1.29 is 18.0 Å². The fraction of sp³-hybridized carbons (Fsp3) is 0.391. The second-order valence-electron chi connectivity index (χ2n) is 7.57. The van der Waals surface area contributed by atoms with E-state index in [4.69, 9.17) is 0 Å². The van der Waals surface area contributed by atoms with Crippen molar-refractivity contribution in [2.24, 2.45) is 0 Å². The van der Waals surface area contributed by atoms with E-state index in [1.54, 1.807) is 42.2 Å². The van der Waals surface area contributed by atoms with Gasteiger partial charge in [-0.2, -0.15) is 4.31 Å². The smallest absolute Gasteiger partial charge is 0.255 e. The Bertz CT molecular complexity index is 1070. The van der Waals surface area contributed by atoms with Crippen LogP contribution in [0.3, 0.4) is 0 Å². The molecule has 0 bridgehead atoms. The molecule has 0 saturated carbocycles. The maximum Gasteiger partial charge on any atom is 0.255 e. The van der Waals surface area contributed by atoms with E-state index in [1.807, 2.05) is 13.8 Å². The second kappa shape index (κ2) is 9.62. The summed E-state index contributed by atoms with van der Waals surface area (Å²) >= 11 is 0.